The van der Waals surface area contributed by atoms with E-state index in [1.807, 2.05) is 38.1 Å². The van der Waals surface area contributed by atoms with Gasteiger partial charge in [-0.1, -0.05) is 48.9 Å². The number of benzene rings is 2. The highest BCUT2D eigenvalue weighted by Gasteiger charge is 2.27. The maximum absolute atomic E-state index is 12.5. The number of alkyl halides is 3. The van der Waals surface area contributed by atoms with Crippen molar-refractivity contribution in [2.24, 2.45) is 0 Å². The Hall–Kier alpha value is -2.34. The Balaban J connectivity index is 2.02. The standard InChI is InChI=1S/C20H22F3NO2/c1-3-18(16-9-7-14(2)8-10-16)24-19(25)17-6-4-5-15(11-17)12-26-13-20(21,22)23/h4-11,18H,3,12-13H2,1-2H3,(H,24,25)/t18-/m1/s1. The van der Waals surface area contributed by atoms with Crippen molar-refractivity contribution < 1.29 is 22.7 Å². The third-order valence-corrected chi connectivity index (χ3v) is 3.92. The van der Waals surface area contributed by atoms with Crippen molar-refractivity contribution in [3.63, 3.8) is 0 Å². The maximum Gasteiger partial charge on any atom is 0.411 e. The Morgan fingerprint density at radius 1 is 1.15 bits per heavy atom. The van der Waals surface area contributed by atoms with E-state index in [1.165, 1.54) is 0 Å². The van der Waals surface area contributed by atoms with Crippen molar-refractivity contribution in [2.45, 2.75) is 39.1 Å². The summed E-state index contributed by atoms with van der Waals surface area (Å²) >= 11 is 0. The molecule has 0 fully saturated rings. The molecule has 6 heteroatoms. The van der Waals surface area contributed by atoms with Crippen molar-refractivity contribution in [3.8, 4) is 0 Å². The van der Waals surface area contributed by atoms with Gasteiger partial charge in [0.2, 0.25) is 0 Å². The van der Waals surface area contributed by atoms with Crippen molar-refractivity contribution in [1.82, 2.24) is 5.32 Å². The fourth-order valence-electron chi connectivity index (χ4n) is 2.55. The fourth-order valence-corrected chi connectivity index (χ4v) is 2.55. The minimum Gasteiger partial charge on any atom is -0.367 e. The number of hydrogen-bond acceptors (Lipinski definition) is 2. The zero-order chi connectivity index (χ0) is 19.2. The quantitative estimate of drug-likeness (QED) is 0.753. The molecule has 0 saturated heterocycles. The number of amides is 1. The van der Waals surface area contributed by atoms with Gasteiger partial charge in [0.15, 0.2) is 0 Å². The fraction of sp³-hybridized carbons (Fsp3) is 0.350. The van der Waals surface area contributed by atoms with Gasteiger partial charge < -0.3 is 10.1 Å². The van der Waals surface area contributed by atoms with E-state index in [1.54, 1.807) is 24.3 Å². The van der Waals surface area contributed by atoms with Crippen LogP contribution < -0.4 is 5.32 Å². The van der Waals surface area contributed by atoms with Gasteiger partial charge in [-0.2, -0.15) is 13.2 Å². The monoisotopic (exact) mass is 365 g/mol. The van der Waals surface area contributed by atoms with E-state index in [-0.39, 0.29) is 18.6 Å². The summed E-state index contributed by atoms with van der Waals surface area (Å²) in [6, 6.07) is 14.2. The van der Waals surface area contributed by atoms with Crippen LogP contribution in [-0.2, 0) is 11.3 Å². The lowest BCUT2D eigenvalue weighted by Crippen LogP contribution is -2.28. The second-order valence-corrected chi connectivity index (χ2v) is 6.15. The van der Waals surface area contributed by atoms with E-state index in [4.69, 9.17) is 0 Å². The Morgan fingerprint density at radius 3 is 2.46 bits per heavy atom. The molecule has 2 aromatic carbocycles. The molecule has 0 aliphatic rings. The molecule has 1 atom stereocenters. The molecular formula is C20H22F3NO2. The second kappa shape index (κ2) is 8.85. The molecule has 0 bridgehead atoms. The van der Waals surface area contributed by atoms with Gasteiger partial charge in [-0.05, 0) is 36.6 Å². The summed E-state index contributed by atoms with van der Waals surface area (Å²) < 4.78 is 41.1. The number of carbonyl (C=O) groups excluding carboxylic acids is 1. The van der Waals surface area contributed by atoms with Gasteiger partial charge in [-0.25, -0.2) is 0 Å². The van der Waals surface area contributed by atoms with Gasteiger partial charge in [0.25, 0.3) is 5.91 Å². The second-order valence-electron chi connectivity index (χ2n) is 6.15. The van der Waals surface area contributed by atoms with Gasteiger partial charge in [0.1, 0.15) is 6.61 Å². The summed E-state index contributed by atoms with van der Waals surface area (Å²) in [4.78, 5) is 12.5. The molecule has 140 valence electrons. The minimum atomic E-state index is -4.36. The van der Waals surface area contributed by atoms with Crippen LogP contribution in [0.4, 0.5) is 13.2 Å². The van der Waals surface area contributed by atoms with E-state index < -0.39 is 12.8 Å². The molecule has 0 heterocycles. The van der Waals surface area contributed by atoms with Crippen molar-refractivity contribution in [2.75, 3.05) is 6.61 Å². The summed E-state index contributed by atoms with van der Waals surface area (Å²) in [5.41, 5.74) is 3.06. The van der Waals surface area contributed by atoms with Crippen LogP contribution in [-0.4, -0.2) is 18.7 Å². The highest BCUT2D eigenvalue weighted by Crippen LogP contribution is 2.19. The normalized spacial score (nSPS) is 12.7. The molecule has 1 amide bonds. The Kier molecular flexibility index (Phi) is 6.80. The lowest BCUT2D eigenvalue weighted by atomic mass is 10.0. The van der Waals surface area contributed by atoms with Crippen LogP contribution in [0.3, 0.4) is 0 Å². The van der Waals surface area contributed by atoms with Crippen molar-refractivity contribution in [3.05, 3.63) is 70.8 Å². The molecular weight excluding hydrogens is 343 g/mol. The Bertz CT molecular complexity index is 727. The average molecular weight is 365 g/mol. The lowest BCUT2D eigenvalue weighted by Gasteiger charge is -2.18. The third kappa shape index (κ3) is 6.19. The van der Waals surface area contributed by atoms with Crippen LogP contribution in [0.1, 0.15) is 46.4 Å². The minimum absolute atomic E-state index is 0.131. The number of rotatable bonds is 7. The lowest BCUT2D eigenvalue weighted by molar-refractivity contribution is -0.176. The molecule has 0 aliphatic heterocycles. The molecule has 0 saturated carbocycles. The first-order chi connectivity index (χ1) is 12.3. The third-order valence-electron chi connectivity index (χ3n) is 3.92. The van der Waals surface area contributed by atoms with Crippen LogP contribution >= 0.6 is 0 Å². The van der Waals surface area contributed by atoms with Crippen LogP contribution in [0.15, 0.2) is 48.5 Å². The molecule has 26 heavy (non-hydrogen) atoms. The van der Waals surface area contributed by atoms with E-state index in [2.05, 4.69) is 10.1 Å². The summed E-state index contributed by atoms with van der Waals surface area (Å²) in [6.07, 6.45) is -3.64. The highest BCUT2D eigenvalue weighted by molar-refractivity contribution is 5.94. The van der Waals surface area contributed by atoms with E-state index in [9.17, 15) is 18.0 Å². The summed E-state index contributed by atoms with van der Waals surface area (Å²) in [6.45, 7) is 2.46. The predicted octanol–water partition coefficient (Wildman–Crippen LogP) is 4.96. The van der Waals surface area contributed by atoms with Crippen LogP contribution in [0.25, 0.3) is 0 Å². The highest BCUT2D eigenvalue weighted by atomic mass is 19.4. The molecule has 0 radical (unpaired) electrons. The molecule has 2 aromatic rings. The molecule has 0 unspecified atom stereocenters. The van der Waals surface area contributed by atoms with Crippen LogP contribution in [0, 0.1) is 6.92 Å². The Labute approximate surface area is 151 Å². The molecule has 0 aromatic heterocycles. The molecule has 1 N–H and O–H groups in total. The first kappa shape index (κ1) is 20.0. The Morgan fingerprint density at radius 2 is 1.85 bits per heavy atom. The van der Waals surface area contributed by atoms with E-state index in [0.717, 1.165) is 17.5 Å². The number of aryl methyl sites for hydroxylation is 1. The smallest absolute Gasteiger partial charge is 0.367 e. The average Bonchev–Trinajstić information content (AvgIpc) is 2.59. The van der Waals surface area contributed by atoms with Crippen molar-refractivity contribution in [1.29, 1.82) is 0 Å². The maximum atomic E-state index is 12.5. The van der Waals surface area contributed by atoms with Gasteiger partial charge >= 0.3 is 6.18 Å². The number of halogens is 3. The van der Waals surface area contributed by atoms with E-state index in [0.29, 0.717) is 11.1 Å². The van der Waals surface area contributed by atoms with Crippen molar-refractivity contribution >= 4 is 5.91 Å². The number of hydrogen-bond donors (Lipinski definition) is 1. The topological polar surface area (TPSA) is 38.3 Å². The summed E-state index contributed by atoms with van der Waals surface area (Å²) in [7, 11) is 0. The van der Waals surface area contributed by atoms with Gasteiger partial charge in [0, 0.05) is 5.56 Å². The number of carbonyl (C=O) groups is 1. The molecule has 2 rings (SSSR count). The van der Waals surface area contributed by atoms with Gasteiger partial charge in [-0.15, -0.1) is 0 Å². The van der Waals surface area contributed by atoms with Crippen LogP contribution in [0.5, 0.6) is 0 Å². The van der Waals surface area contributed by atoms with Gasteiger partial charge in [-0.3, -0.25) is 4.79 Å². The molecule has 0 spiro atoms. The molecule has 3 nitrogen and oxygen atoms in total. The number of ether oxygens (including phenoxy) is 1. The number of nitrogens with one attached hydrogen (secondary N) is 1. The van der Waals surface area contributed by atoms with Gasteiger partial charge in [0.05, 0.1) is 12.6 Å². The zero-order valence-electron chi connectivity index (χ0n) is 14.8. The zero-order valence-corrected chi connectivity index (χ0v) is 14.8. The first-order valence-electron chi connectivity index (χ1n) is 8.39. The SMILES string of the molecule is CC[C@@H](NC(=O)c1cccc(COCC(F)(F)F)c1)c1ccc(C)cc1. The van der Waals surface area contributed by atoms with E-state index >= 15 is 0 Å². The molecule has 0 aliphatic carbocycles. The summed E-state index contributed by atoms with van der Waals surface area (Å²) in [5, 5.41) is 2.97. The first-order valence-corrected chi connectivity index (χ1v) is 8.39. The summed E-state index contributed by atoms with van der Waals surface area (Å²) in [5.74, 6) is -0.268. The van der Waals surface area contributed by atoms with Crippen LogP contribution in [0.2, 0.25) is 0 Å². The largest absolute Gasteiger partial charge is 0.411 e. The predicted molar refractivity (Wildman–Crippen MR) is 93.8 cm³/mol.